The third-order valence-corrected chi connectivity index (χ3v) is 4.50. The number of hydrogen-bond donors (Lipinski definition) is 1. The summed E-state index contributed by atoms with van der Waals surface area (Å²) in [5, 5.41) is 12.3. The highest BCUT2D eigenvalue weighted by molar-refractivity contribution is 5.78. The van der Waals surface area contributed by atoms with Crippen molar-refractivity contribution in [2.45, 2.75) is 25.4 Å². The van der Waals surface area contributed by atoms with Crippen LogP contribution >= 0.6 is 0 Å². The van der Waals surface area contributed by atoms with E-state index < -0.39 is 17.8 Å². The lowest BCUT2D eigenvalue weighted by atomic mass is 9.83. The summed E-state index contributed by atoms with van der Waals surface area (Å²) in [6.45, 7) is 4.40. The summed E-state index contributed by atoms with van der Waals surface area (Å²) in [7, 11) is 1.36. The van der Waals surface area contributed by atoms with Gasteiger partial charge in [0, 0.05) is 32.3 Å². The van der Waals surface area contributed by atoms with Gasteiger partial charge in [-0.3, -0.25) is 14.3 Å². The van der Waals surface area contributed by atoms with Gasteiger partial charge in [0.2, 0.25) is 5.91 Å². The van der Waals surface area contributed by atoms with E-state index >= 15 is 0 Å². The van der Waals surface area contributed by atoms with Gasteiger partial charge in [0.1, 0.15) is 0 Å². The molecule has 2 atom stereocenters. The SMILES string of the molecule is C=C[C@H]1CN(C(=O)Cc2cc(C(F)(F)F)nn2C)CC[C@H]1CC(=O)O. The van der Waals surface area contributed by atoms with Crippen LogP contribution in [-0.4, -0.2) is 44.8 Å². The van der Waals surface area contributed by atoms with E-state index in [-0.39, 0.29) is 36.3 Å². The number of aryl methyl sites for hydroxylation is 1. The number of alkyl halides is 3. The average Bonchev–Trinajstić information content (AvgIpc) is 2.88. The van der Waals surface area contributed by atoms with E-state index in [9.17, 15) is 22.8 Å². The Labute approximate surface area is 142 Å². The largest absolute Gasteiger partial charge is 0.481 e. The van der Waals surface area contributed by atoms with Crippen LogP contribution in [0.1, 0.15) is 24.2 Å². The first-order chi connectivity index (χ1) is 11.6. The van der Waals surface area contributed by atoms with Gasteiger partial charge in [0.05, 0.1) is 6.42 Å². The molecule has 1 aromatic heterocycles. The van der Waals surface area contributed by atoms with Crippen LogP contribution in [0.4, 0.5) is 13.2 Å². The lowest BCUT2D eigenvalue weighted by Crippen LogP contribution is -2.44. The van der Waals surface area contributed by atoms with Crippen molar-refractivity contribution in [3.05, 3.63) is 30.1 Å². The highest BCUT2D eigenvalue weighted by Crippen LogP contribution is 2.30. The minimum Gasteiger partial charge on any atom is -0.481 e. The zero-order chi connectivity index (χ0) is 18.8. The van der Waals surface area contributed by atoms with Crippen LogP contribution < -0.4 is 0 Å². The van der Waals surface area contributed by atoms with Gasteiger partial charge in [-0.25, -0.2) is 0 Å². The lowest BCUT2D eigenvalue weighted by Gasteiger charge is -2.36. The van der Waals surface area contributed by atoms with Crippen molar-refractivity contribution in [3.63, 3.8) is 0 Å². The van der Waals surface area contributed by atoms with Gasteiger partial charge in [0.15, 0.2) is 5.69 Å². The van der Waals surface area contributed by atoms with Crippen molar-refractivity contribution in [1.82, 2.24) is 14.7 Å². The van der Waals surface area contributed by atoms with Crippen LogP contribution in [0.15, 0.2) is 18.7 Å². The van der Waals surface area contributed by atoms with Gasteiger partial charge in [0.25, 0.3) is 0 Å². The molecule has 1 aromatic rings. The molecule has 1 aliphatic rings. The molecular formula is C16H20F3N3O3. The van der Waals surface area contributed by atoms with Crippen molar-refractivity contribution >= 4 is 11.9 Å². The van der Waals surface area contributed by atoms with Crippen molar-refractivity contribution in [1.29, 1.82) is 0 Å². The maximum Gasteiger partial charge on any atom is 0.435 e. The molecule has 0 bridgehead atoms. The number of carboxylic acid groups (broad SMARTS) is 1. The van der Waals surface area contributed by atoms with Crippen LogP contribution in [0, 0.1) is 11.8 Å². The molecule has 6 nitrogen and oxygen atoms in total. The fourth-order valence-electron chi connectivity index (χ4n) is 3.08. The number of piperidine rings is 1. The Bertz CT molecular complexity index is 669. The van der Waals surface area contributed by atoms with Crippen LogP contribution in [0.3, 0.4) is 0 Å². The van der Waals surface area contributed by atoms with E-state index in [1.807, 2.05) is 0 Å². The molecule has 2 heterocycles. The molecule has 1 aliphatic heterocycles. The summed E-state index contributed by atoms with van der Waals surface area (Å²) in [6.07, 6.45) is -2.57. The molecule has 0 aliphatic carbocycles. The number of nitrogens with zero attached hydrogens (tertiary/aromatic N) is 3. The first kappa shape index (κ1) is 19.0. The van der Waals surface area contributed by atoms with Gasteiger partial charge in [-0.2, -0.15) is 18.3 Å². The molecule has 9 heteroatoms. The molecule has 0 unspecified atom stereocenters. The molecule has 1 fully saturated rings. The fraction of sp³-hybridized carbons (Fsp3) is 0.562. The van der Waals surface area contributed by atoms with Gasteiger partial charge in [-0.1, -0.05) is 6.08 Å². The number of likely N-dealkylation sites (tertiary alicyclic amines) is 1. The van der Waals surface area contributed by atoms with Crippen LogP contribution in [0.2, 0.25) is 0 Å². The number of carbonyl (C=O) groups is 2. The minimum atomic E-state index is -4.55. The molecule has 25 heavy (non-hydrogen) atoms. The van der Waals surface area contributed by atoms with Crippen molar-refractivity contribution in [2.24, 2.45) is 18.9 Å². The predicted molar refractivity (Wildman–Crippen MR) is 82.5 cm³/mol. The topological polar surface area (TPSA) is 75.4 Å². The normalized spacial score (nSPS) is 21.2. The van der Waals surface area contributed by atoms with Gasteiger partial charge in [-0.15, -0.1) is 6.58 Å². The molecule has 1 amide bonds. The first-order valence-corrected chi connectivity index (χ1v) is 7.84. The second-order valence-electron chi connectivity index (χ2n) is 6.20. The Morgan fingerprint density at radius 3 is 2.68 bits per heavy atom. The third-order valence-electron chi connectivity index (χ3n) is 4.50. The van der Waals surface area contributed by atoms with Crippen LogP contribution in [0.25, 0.3) is 0 Å². The smallest absolute Gasteiger partial charge is 0.435 e. The summed E-state index contributed by atoms with van der Waals surface area (Å²) < 4.78 is 39.1. The van der Waals surface area contributed by atoms with E-state index in [2.05, 4.69) is 11.7 Å². The van der Waals surface area contributed by atoms with Crippen molar-refractivity contribution < 1.29 is 27.9 Å². The summed E-state index contributed by atoms with van der Waals surface area (Å²) in [5.41, 5.74) is -0.845. The van der Waals surface area contributed by atoms with Crippen LogP contribution in [0.5, 0.6) is 0 Å². The Hall–Kier alpha value is -2.32. The Kier molecular flexibility index (Phi) is 5.54. The lowest BCUT2D eigenvalue weighted by molar-refractivity contribution is -0.142. The summed E-state index contributed by atoms with van der Waals surface area (Å²) >= 11 is 0. The molecule has 138 valence electrons. The molecule has 0 spiro atoms. The highest BCUT2D eigenvalue weighted by Gasteiger charge is 2.35. The Morgan fingerprint density at radius 1 is 1.48 bits per heavy atom. The second-order valence-corrected chi connectivity index (χ2v) is 6.20. The average molecular weight is 359 g/mol. The highest BCUT2D eigenvalue weighted by atomic mass is 19.4. The maximum absolute atomic E-state index is 12.7. The zero-order valence-corrected chi connectivity index (χ0v) is 13.8. The Morgan fingerprint density at radius 2 is 2.16 bits per heavy atom. The fourth-order valence-corrected chi connectivity index (χ4v) is 3.08. The molecular weight excluding hydrogens is 339 g/mol. The van der Waals surface area contributed by atoms with E-state index in [0.29, 0.717) is 19.5 Å². The number of aliphatic carboxylic acids is 1. The number of halogens is 3. The monoisotopic (exact) mass is 359 g/mol. The summed E-state index contributed by atoms with van der Waals surface area (Å²) in [4.78, 5) is 24.9. The third kappa shape index (κ3) is 4.61. The standard InChI is InChI=1S/C16H20F3N3O3/c1-3-10-9-22(5-4-11(10)6-15(24)25)14(23)8-12-7-13(16(17,18)19)20-21(12)2/h3,7,10-11H,1,4-6,8-9H2,2H3,(H,24,25)/t10-,11-/m0/s1. The number of aromatic nitrogens is 2. The summed E-state index contributed by atoms with van der Waals surface area (Å²) in [6, 6.07) is 0.875. The zero-order valence-electron chi connectivity index (χ0n) is 13.8. The first-order valence-electron chi connectivity index (χ1n) is 7.84. The van der Waals surface area contributed by atoms with E-state index in [4.69, 9.17) is 5.11 Å². The number of carbonyl (C=O) groups excluding carboxylic acids is 1. The van der Waals surface area contributed by atoms with E-state index in [0.717, 1.165) is 10.7 Å². The van der Waals surface area contributed by atoms with E-state index in [1.54, 1.807) is 11.0 Å². The molecule has 1 N–H and O–H groups in total. The van der Waals surface area contributed by atoms with Gasteiger partial charge >= 0.3 is 12.1 Å². The maximum atomic E-state index is 12.7. The van der Waals surface area contributed by atoms with Gasteiger partial charge in [-0.05, 0) is 24.3 Å². The number of rotatable bonds is 5. The van der Waals surface area contributed by atoms with E-state index in [1.165, 1.54) is 7.05 Å². The number of amides is 1. The molecule has 0 aromatic carbocycles. The number of hydrogen-bond acceptors (Lipinski definition) is 3. The Balaban J connectivity index is 2.03. The van der Waals surface area contributed by atoms with Gasteiger partial charge < -0.3 is 10.0 Å². The minimum absolute atomic E-state index is 0.00932. The molecule has 0 radical (unpaired) electrons. The second kappa shape index (κ2) is 7.28. The number of carboxylic acids is 1. The van der Waals surface area contributed by atoms with Crippen molar-refractivity contribution in [3.8, 4) is 0 Å². The summed E-state index contributed by atoms with van der Waals surface area (Å²) in [5.74, 6) is -1.44. The molecule has 2 rings (SSSR count). The molecule has 0 saturated carbocycles. The predicted octanol–water partition coefficient (Wildman–Crippen LogP) is 2.11. The molecule has 1 saturated heterocycles. The van der Waals surface area contributed by atoms with Crippen LogP contribution in [-0.2, 0) is 29.2 Å². The quantitative estimate of drug-likeness (QED) is 0.817. The van der Waals surface area contributed by atoms with Crippen molar-refractivity contribution in [2.75, 3.05) is 13.1 Å².